The van der Waals surface area contributed by atoms with Gasteiger partial charge in [-0.15, -0.1) is 0 Å². The van der Waals surface area contributed by atoms with Crippen LogP contribution in [0.2, 0.25) is 0 Å². The van der Waals surface area contributed by atoms with Crippen LogP contribution in [0, 0.1) is 11.3 Å². The van der Waals surface area contributed by atoms with Crippen LogP contribution in [0.4, 0.5) is 11.4 Å². The van der Waals surface area contributed by atoms with Crippen LogP contribution in [0.5, 0.6) is 11.5 Å². The Labute approximate surface area is 184 Å². The summed E-state index contributed by atoms with van der Waals surface area (Å²) in [5.41, 5.74) is 0.210. The van der Waals surface area contributed by atoms with Gasteiger partial charge < -0.3 is 14.4 Å². The number of nitrogens with one attached hydrogen (secondary N) is 1. The van der Waals surface area contributed by atoms with Crippen molar-refractivity contribution in [3.8, 4) is 11.5 Å². The van der Waals surface area contributed by atoms with E-state index in [0.29, 0.717) is 30.3 Å². The number of hydrogen-bond acceptors (Lipinski definition) is 5. The van der Waals surface area contributed by atoms with Gasteiger partial charge >= 0.3 is 0 Å². The molecule has 0 saturated carbocycles. The number of rotatable bonds is 7. The van der Waals surface area contributed by atoms with E-state index >= 15 is 0 Å². The van der Waals surface area contributed by atoms with Crippen molar-refractivity contribution in [2.45, 2.75) is 39.5 Å². The fourth-order valence-electron chi connectivity index (χ4n) is 3.41. The van der Waals surface area contributed by atoms with Crippen molar-refractivity contribution in [2.75, 3.05) is 29.4 Å². The average molecular weight is 447 g/mol. The maximum absolute atomic E-state index is 13.2. The maximum Gasteiger partial charge on any atom is 0.265 e. The summed E-state index contributed by atoms with van der Waals surface area (Å²) in [5, 5.41) is 0. The lowest BCUT2D eigenvalue weighted by Gasteiger charge is -2.29. The van der Waals surface area contributed by atoms with Gasteiger partial charge in [0, 0.05) is 6.54 Å². The van der Waals surface area contributed by atoms with Crippen LogP contribution in [0.3, 0.4) is 0 Å². The summed E-state index contributed by atoms with van der Waals surface area (Å²) in [7, 11) is -3.90. The molecule has 1 amide bonds. The Balaban J connectivity index is 2.00. The van der Waals surface area contributed by atoms with Crippen LogP contribution in [0.1, 0.15) is 34.6 Å². The molecule has 0 atom stereocenters. The fourth-order valence-corrected chi connectivity index (χ4v) is 4.61. The van der Waals surface area contributed by atoms with Crippen LogP contribution in [-0.2, 0) is 14.8 Å². The first kappa shape index (κ1) is 22.9. The van der Waals surface area contributed by atoms with Gasteiger partial charge in [-0.2, -0.15) is 0 Å². The smallest absolute Gasteiger partial charge is 0.265 e. The molecule has 0 fully saturated rings. The molecule has 8 heteroatoms. The monoisotopic (exact) mass is 446 g/mol. The summed E-state index contributed by atoms with van der Waals surface area (Å²) in [5.74, 6) is 1.01. The summed E-state index contributed by atoms with van der Waals surface area (Å²) < 4.78 is 40.1. The van der Waals surface area contributed by atoms with E-state index in [-0.39, 0.29) is 29.1 Å². The van der Waals surface area contributed by atoms with Crippen molar-refractivity contribution in [3.63, 3.8) is 0 Å². The number of sulfonamides is 1. The summed E-state index contributed by atoms with van der Waals surface area (Å²) in [6.45, 7) is 10.7. The number of carbonyl (C=O) groups excluding carboxylic acids is 1. The first-order chi connectivity index (χ1) is 14.5. The molecule has 31 heavy (non-hydrogen) atoms. The molecule has 0 aromatic heterocycles. The van der Waals surface area contributed by atoms with Crippen molar-refractivity contribution >= 4 is 27.3 Å². The molecule has 0 unspecified atom stereocenters. The average Bonchev–Trinajstić information content (AvgIpc) is 2.78. The first-order valence-electron chi connectivity index (χ1n) is 10.4. The molecule has 2 aromatic carbocycles. The zero-order valence-electron chi connectivity index (χ0n) is 18.6. The predicted octanol–water partition coefficient (Wildman–Crippen LogP) is 4.29. The van der Waals surface area contributed by atoms with Gasteiger partial charge in [0.05, 0.1) is 23.4 Å². The van der Waals surface area contributed by atoms with Crippen molar-refractivity contribution < 1.29 is 22.7 Å². The molecule has 0 saturated heterocycles. The second kappa shape index (κ2) is 8.78. The SMILES string of the molecule is CCOc1ccccc1S(=O)(=O)Nc1ccc2c(c1)N(CC(C)C)C(=O)C(C)(C)CO2. The predicted molar refractivity (Wildman–Crippen MR) is 121 cm³/mol. The molecule has 0 spiro atoms. The minimum atomic E-state index is -3.90. The topological polar surface area (TPSA) is 84.9 Å². The second-order valence-electron chi connectivity index (χ2n) is 8.65. The van der Waals surface area contributed by atoms with E-state index in [0.717, 1.165) is 0 Å². The third kappa shape index (κ3) is 4.95. The lowest BCUT2D eigenvalue weighted by molar-refractivity contribution is -0.127. The van der Waals surface area contributed by atoms with Gasteiger partial charge in [-0.1, -0.05) is 26.0 Å². The van der Waals surface area contributed by atoms with Gasteiger partial charge in [-0.3, -0.25) is 9.52 Å². The molecule has 0 radical (unpaired) electrons. The fraction of sp³-hybridized carbons (Fsp3) is 0.435. The summed E-state index contributed by atoms with van der Waals surface area (Å²) in [6, 6.07) is 11.5. The molecule has 1 heterocycles. The number of benzene rings is 2. The lowest BCUT2D eigenvalue weighted by Crippen LogP contribution is -2.43. The minimum absolute atomic E-state index is 0.0540. The lowest BCUT2D eigenvalue weighted by atomic mass is 9.92. The number of hydrogen-bond donors (Lipinski definition) is 1. The van der Waals surface area contributed by atoms with Gasteiger partial charge in [0.1, 0.15) is 23.0 Å². The Morgan fingerprint density at radius 1 is 1.19 bits per heavy atom. The van der Waals surface area contributed by atoms with E-state index in [2.05, 4.69) is 4.72 Å². The Morgan fingerprint density at radius 2 is 1.90 bits per heavy atom. The van der Waals surface area contributed by atoms with E-state index in [9.17, 15) is 13.2 Å². The van der Waals surface area contributed by atoms with E-state index in [4.69, 9.17) is 9.47 Å². The largest absolute Gasteiger partial charge is 0.492 e. The normalized spacial score (nSPS) is 15.8. The first-order valence-corrected chi connectivity index (χ1v) is 11.9. The van der Waals surface area contributed by atoms with Gasteiger partial charge in [0.2, 0.25) is 5.91 Å². The van der Waals surface area contributed by atoms with Crippen LogP contribution < -0.4 is 19.1 Å². The highest BCUT2D eigenvalue weighted by atomic mass is 32.2. The third-order valence-electron chi connectivity index (χ3n) is 4.90. The van der Waals surface area contributed by atoms with Crippen LogP contribution in [0.15, 0.2) is 47.4 Å². The molecule has 168 valence electrons. The summed E-state index contributed by atoms with van der Waals surface area (Å²) >= 11 is 0. The molecule has 1 aliphatic heterocycles. The van der Waals surface area contributed by atoms with Gasteiger partial charge in [-0.05, 0) is 57.0 Å². The van der Waals surface area contributed by atoms with Gasteiger partial charge in [-0.25, -0.2) is 8.42 Å². The number of amides is 1. The summed E-state index contributed by atoms with van der Waals surface area (Å²) in [4.78, 5) is 14.9. The second-order valence-corrected chi connectivity index (χ2v) is 10.3. The summed E-state index contributed by atoms with van der Waals surface area (Å²) in [6.07, 6.45) is 0. The number of carbonyl (C=O) groups is 1. The van der Waals surface area contributed by atoms with E-state index in [1.165, 1.54) is 6.07 Å². The molecular weight excluding hydrogens is 416 g/mol. The number of anilines is 2. The zero-order chi connectivity index (χ0) is 22.8. The molecule has 2 aromatic rings. The molecule has 7 nitrogen and oxygen atoms in total. The number of para-hydroxylation sites is 1. The standard InChI is InChI=1S/C23H30N2O5S/c1-6-29-20-9-7-8-10-21(20)31(27,28)24-17-11-12-19-18(13-17)25(14-16(2)3)22(26)23(4,5)15-30-19/h7-13,16,24H,6,14-15H2,1-5H3. The molecule has 1 aliphatic rings. The highest BCUT2D eigenvalue weighted by Gasteiger charge is 2.38. The highest BCUT2D eigenvalue weighted by molar-refractivity contribution is 7.92. The van der Waals surface area contributed by atoms with E-state index in [1.54, 1.807) is 48.2 Å². The van der Waals surface area contributed by atoms with Crippen molar-refractivity contribution in [1.29, 1.82) is 0 Å². The maximum atomic E-state index is 13.2. The quantitative estimate of drug-likeness (QED) is 0.686. The van der Waals surface area contributed by atoms with E-state index < -0.39 is 15.4 Å². The van der Waals surface area contributed by atoms with E-state index in [1.807, 2.05) is 27.7 Å². The molecular formula is C23H30N2O5S. The number of nitrogens with zero attached hydrogens (tertiary/aromatic N) is 1. The minimum Gasteiger partial charge on any atom is -0.492 e. The van der Waals surface area contributed by atoms with Crippen LogP contribution >= 0.6 is 0 Å². The Kier molecular flexibility index (Phi) is 6.50. The third-order valence-corrected chi connectivity index (χ3v) is 6.32. The molecule has 0 bridgehead atoms. The Hall–Kier alpha value is -2.74. The van der Waals surface area contributed by atoms with Crippen molar-refractivity contribution in [3.05, 3.63) is 42.5 Å². The van der Waals surface area contributed by atoms with Crippen LogP contribution in [0.25, 0.3) is 0 Å². The van der Waals surface area contributed by atoms with Crippen LogP contribution in [-0.4, -0.2) is 34.1 Å². The Bertz CT molecular complexity index is 1060. The zero-order valence-corrected chi connectivity index (χ0v) is 19.5. The van der Waals surface area contributed by atoms with Gasteiger partial charge in [0.15, 0.2) is 0 Å². The molecule has 3 rings (SSSR count). The Morgan fingerprint density at radius 3 is 2.58 bits per heavy atom. The number of fused-ring (bicyclic) bond motifs is 1. The van der Waals surface area contributed by atoms with Gasteiger partial charge in [0.25, 0.3) is 10.0 Å². The molecule has 1 N–H and O–H groups in total. The number of ether oxygens (including phenoxy) is 2. The highest BCUT2D eigenvalue weighted by Crippen LogP contribution is 2.39. The molecule has 0 aliphatic carbocycles. The van der Waals surface area contributed by atoms with Crippen molar-refractivity contribution in [2.24, 2.45) is 11.3 Å². The van der Waals surface area contributed by atoms with Crippen molar-refractivity contribution in [1.82, 2.24) is 0 Å².